The maximum Gasteiger partial charge on any atom is 0.416 e. The van der Waals surface area contributed by atoms with Crippen molar-refractivity contribution in [1.82, 2.24) is 0 Å². The van der Waals surface area contributed by atoms with E-state index in [9.17, 15) is 22.8 Å². The van der Waals surface area contributed by atoms with Gasteiger partial charge in [0.05, 0.1) is 11.1 Å². The zero-order valence-corrected chi connectivity index (χ0v) is 16.7. The van der Waals surface area contributed by atoms with Crippen LogP contribution in [0.5, 0.6) is 0 Å². The molecule has 0 spiro atoms. The first-order valence-electron chi connectivity index (χ1n) is 9.81. The zero-order valence-electron chi connectivity index (χ0n) is 16.7. The van der Waals surface area contributed by atoms with Gasteiger partial charge in [-0.2, -0.15) is 13.2 Å². The van der Waals surface area contributed by atoms with Gasteiger partial charge in [0.1, 0.15) is 0 Å². The lowest BCUT2D eigenvalue weighted by atomic mass is 9.93. The Labute approximate surface area is 177 Å². The number of halogens is 3. The van der Waals surface area contributed by atoms with E-state index in [1.165, 1.54) is 12.1 Å². The van der Waals surface area contributed by atoms with Gasteiger partial charge in [0.15, 0.2) is 5.78 Å². The molecule has 0 fully saturated rings. The van der Waals surface area contributed by atoms with Gasteiger partial charge in [0.2, 0.25) is 0 Å². The Balaban J connectivity index is 1.66. The monoisotopic (exact) mass is 424 g/mol. The Morgan fingerprint density at radius 3 is 2.35 bits per heavy atom. The summed E-state index contributed by atoms with van der Waals surface area (Å²) < 4.78 is 39.9. The standard InChI is InChI=1S/C25H19F3O3/c1-14-9-17(12-19(10-14)25(26,27)28)20-3-2-4-21-22(20)13-18(23(21)29)11-15-5-7-16(8-6-15)24(30)31/h2-10,12,18H,11,13H2,1H3,(H,30,31). The van der Waals surface area contributed by atoms with Crippen LogP contribution in [0.1, 0.15) is 43.0 Å². The van der Waals surface area contributed by atoms with Gasteiger partial charge in [-0.25, -0.2) is 4.79 Å². The van der Waals surface area contributed by atoms with Crippen molar-refractivity contribution in [3.63, 3.8) is 0 Å². The van der Waals surface area contributed by atoms with Gasteiger partial charge in [-0.15, -0.1) is 0 Å². The molecule has 0 aromatic heterocycles. The normalized spacial score (nSPS) is 15.7. The molecular formula is C25H19F3O3. The first-order chi connectivity index (χ1) is 14.6. The number of carboxylic acid groups (broad SMARTS) is 1. The van der Waals surface area contributed by atoms with Gasteiger partial charge in [-0.05, 0) is 71.8 Å². The fourth-order valence-corrected chi connectivity index (χ4v) is 4.20. The summed E-state index contributed by atoms with van der Waals surface area (Å²) in [6, 6.07) is 15.5. The van der Waals surface area contributed by atoms with Gasteiger partial charge in [0, 0.05) is 11.5 Å². The molecule has 0 amide bonds. The average Bonchev–Trinajstić information content (AvgIpc) is 3.03. The Kier molecular flexibility index (Phi) is 5.17. The molecule has 31 heavy (non-hydrogen) atoms. The first kappa shape index (κ1) is 20.8. The number of fused-ring (bicyclic) bond motifs is 1. The van der Waals surface area contributed by atoms with Gasteiger partial charge in [-0.1, -0.05) is 36.4 Å². The van der Waals surface area contributed by atoms with Crippen LogP contribution in [0, 0.1) is 12.8 Å². The predicted molar refractivity (Wildman–Crippen MR) is 110 cm³/mol. The Morgan fingerprint density at radius 2 is 1.71 bits per heavy atom. The van der Waals surface area contributed by atoms with Crippen LogP contribution in [-0.4, -0.2) is 16.9 Å². The van der Waals surface area contributed by atoms with E-state index in [1.807, 2.05) is 0 Å². The third-order valence-electron chi connectivity index (χ3n) is 5.66. The SMILES string of the molecule is Cc1cc(-c2cccc3c2CC(Cc2ccc(C(=O)O)cc2)C3=O)cc(C(F)(F)F)c1. The molecule has 3 aromatic rings. The van der Waals surface area contributed by atoms with Crippen LogP contribution in [0.15, 0.2) is 60.7 Å². The van der Waals surface area contributed by atoms with Crippen LogP contribution < -0.4 is 0 Å². The molecule has 158 valence electrons. The second-order valence-corrected chi connectivity index (χ2v) is 7.89. The number of Topliss-reactive ketones (excluding diaryl/α,β-unsaturated/α-hetero) is 1. The van der Waals surface area contributed by atoms with Crippen molar-refractivity contribution in [3.05, 3.63) is 94.0 Å². The number of benzene rings is 3. The second-order valence-electron chi connectivity index (χ2n) is 7.89. The molecule has 0 saturated heterocycles. The molecule has 1 aliphatic carbocycles. The molecule has 1 atom stereocenters. The van der Waals surface area contributed by atoms with Crippen LogP contribution >= 0.6 is 0 Å². The third-order valence-corrected chi connectivity index (χ3v) is 5.66. The molecule has 0 radical (unpaired) electrons. The summed E-state index contributed by atoms with van der Waals surface area (Å²) in [5, 5.41) is 9.02. The maximum absolute atomic E-state index is 13.3. The molecular weight excluding hydrogens is 405 g/mol. The van der Waals surface area contributed by atoms with E-state index in [-0.39, 0.29) is 17.3 Å². The van der Waals surface area contributed by atoms with Crippen molar-refractivity contribution in [3.8, 4) is 11.1 Å². The van der Waals surface area contributed by atoms with E-state index < -0.39 is 17.7 Å². The number of aromatic carboxylic acids is 1. The van der Waals surface area contributed by atoms with Gasteiger partial charge >= 0.3 is 12.1 Å². The van der Waals surface area contributed by atoms with Crippen molar-refractivity contribution in [2.24, 2.45) is 5.92 Å². The number of carboxylic acids is 1. The summed E-state index contributed by atoms with van der Waals surface area (Å²) in [7, 11) is 0. The number of alkyl halides is 3. The minimum absolute atomic E-state index is 0.0390. The summed E-state index contributed by atoms with van der Waals surface area (Å²) >= 11 is 0. The highest BCUT2D eigenvalue weighted by Crippen LogP contribution is 2.39. The van der Waals surface area contributed by atoms with Gasteiger partial charge in [0.25, 0.3) is 0 Å². The smallest absolute Gasteiger partial charge is 0.416 e. The molecule has 3 nitrogen and oxygen atoms in total. The lowest BCUT2D eigenvalue weighted by molar-refractivity contribution is -0.137. The van der Waals surface area contributed by atoms with Crippen LogP contribution in [0.4, 0.5) is 13.2 Å². The quantitative estimate of drug-likeness (QED) is 0.561. The van der Waals surface area contributed by atoms with Crippen molar-refractivity contribution in [1.29, 1.82) is 0 Å². The molecule has 0 heterocycles. The van der Waals surface area contributed by atoms with Crippen LogP contribution in [-0.2, 0) is 19.0 Å². The van der Waals surface area contributed by atoms with E-state index in [4.69, 9.17) is 5.11 Å². The number of hydrogen-bond donors (Lipinski definition) is 1. The lowest BCUT2D eigenvalue weighted by Gasteiger charge is -2.13. The highest BCUT2D eigenvalue weighted by atomic mass is 19.4. The number of rotatable bonds is 4. The second kappa shape index (κ2) is 7.69. The highest BCUT2D eigenvalue weighted by Gasteiger charge is 2.34. The molecule has 0 saturated carbocycles. The maximum atomic E-state index is 13.3. The summed E-state index contributed by atoms with van der Waals surface area (Å²) in [4.78, 5) is 24.0. The minimum atomic E-state index is -4.45. The molecule has 0 aliphatic heterocycles. The van der Waals surface area contributed by atoms with Crippen LogP contribution in [0.2, 0.25) is 0 Å². The molecule has 1 N–H and O–H groups in total. The highest BCUT2D eigenvalue weighted by molar-refractivity contribution is 6.04. The van der Waals surface area contributed by atoms with E-state index in [2.05, 4.69) is 0 Å². The third kappa shape index (κ3) is 4.10. The zero-order chi connectivity index (χ0) is 22.3. The van der Waals surface area contributed by atoms with Crippen molar-refractivity contribution >= 4 is 11.8 Å². The molecule has 1 unspecified atom stereocenters. The summed E-state index contributed by atoms with van der Waals surface area (Å²) in [5.74, 6) is -1.39. The first-order valence-corrected chi connectivity index (χ1v) is 9.81. The summed E-state index contributed by atoms with van der Waals surface area (Å²) in [5.41, 5.74) is 3.20. The average molecular weight is 424 g/mol. The van der Waals surface area contributed by atoms with Gasteiger partial charge in [-0.3, -0.25) is 4.79 Å². The molecule has 6 heteroatoms. The van der Waals surface area contributed by atoms with E-state index >= 15 is 0 Å². The molecule has 4 rings (SSSR count). The van der Waals surface area contributed by atoms with E-state index in [0.717, 1.165) is 23.3 Å². The lowest BCUT2D eigenvalue weighted by Crippen LogP contribution is -2.12. The minimum Gasteiger partial charge on any atom is -0.478 e. The number of hydrogen-bond acceptors (Lipinski definition) is 2. The van der Waals surface area contributed by atoms with Crippen LogP contribution in [0.3, 0.4) is 0 Å². The van der Waals surface area contributed by atoms with E-state index in [0.29, 0.717) is 35.1 Å². The number of carbonyl (C=O) groups is 2. The Hall–Kier alpha value is -3.41. The van der Waals surface area contributed by atoms with Crippen molar-refractivity contribution < 1.29 is 27.9 Å². The molecule has 3 aromatic carbocycles. The van der Waals surface area contributed by atoms with E-state index in [1.54, 1.807) is 43.3 Å². The Bertz CT molecular complexity index is 1180. The van der Waals surface area contributed by atoms with Gasteiger partial charge < -0.3 is 5.11 Å². The largest absolute Gasteiger partial charge is 0.478 e. The predicted octanol–water partition coefficient (Wildman–Crippen LogP) is 5.98. The number of ketones is 1. The Morgan fingerprint density at radius 1 is 1.03 bits per heavy atom. The topological polar surface area (TPSA) is 54.4 Å². The van der Waals surface area contributed by atoms with Crippen molar-refractivity contribution in [2.75, 3.05) is 0 Å². The molecule has 0 bridgehead atoms. The van der Waals surface area contributed by atoms with Crippen molar-refractivity contribution in [2.45, 2.75) is 25.9 Å². The molecule has 1 aliphatic rings. The van der Waals surface area contributed by atoms with Crippen LogP contribution in [0.25, 0.3) is 11.1 Å². The fourth-order valence-electron chi connectivity index (χ4n) is 4.20. The number of carbonyl (C=O) groups excluding carboxylic acids is 1. The number of aryl methyl sites for hydroxylation is 1. The summed E-state index contributed by atoms with van der Waals surface area (Å²) in [6.45, 7) is 1.62. The fraction of sp³-hybridized carbons (Fsp3) is 0.200. The summed E-state index contributed by atoms with van der Waals surface area (Å²) in [6.07, 6.45) is -3.58.